The van der Waals surface area contributed by atoms with Gasteiger partial charge in [0, 0.05) is 13.0 Å². The number of esters is 1. The molecule has 0 radical (unpaired) electrons. The van der Waals surface area contributed by atoms with Crippen molar-refractivity contribution in [2.24, 2.45) is 0 Å². The molecule has 1 aromatic carbocycles. The summed E-state index contributed by atoms with van der Waals surface area (Å²) in [4.78, 5) is 30.2. The Morgan fingerprint density at radius 2 is 2.12 bits per heavy atom. The molecule has 3 aromatic rings. The van der Waals surface area contributed by atoms with E-state index in [4.69, 9.17) is 4.74 Å². The van der Waals surface area contributed by atoms with E-state index in [1.165, 1.54) is 22.2 Å². The summed E-state index contributed by atoms with van der Waals surface area (Å²) < 4.78 is 6.85. The number of ether oxygens (including phenoxy) is 1. The summed E-state index contributed by atoms with van der Waals surface area (Å²) in [6.07, 6.45) is 3.77. The van der Waals surface area contributed by atoms with Crippen LogP contribution in [0.25, 0.3) is 10.2 Å². The van der Waals surface area contributed by atoms with Gasteiger partial charge in [-0.25, -0.2) is 9.78 Å². The largest absolute Gasteiger partial charge is 0.461 e. The van der Waals surface area contributed by atoms with Gasteiger partial charge in [-0.3, -0.25) is 9.36 Å². The lowest BCUT2D eigenvalue weighted by Crippen LogP contribution is -2.19. The highest BCUT2D eigenvalue weighted by Gasteiger charge is 2.20. The average molecular weight is 354 g/mol. The first-order valence-electron chi connectivity index (χ1n) is 7.92. The van der Waals surface area contributed by atoms with Crippen LogP contribution in [0.2, 0.25) is 0 Å². The third kappa shape index (κ3) is 3.53. The van der Waals surface area contributed by atoms with Crippen molar-refractivity contribution in [3.8, 4) is 0 Å². The Labute approximate surface area is 149 Å². The molecule has 2 aromatic heterocycles. The number of rotatable bonds is 6. The molecule has 0 saturated heterocycles. The highest BCUT2D eigenvalue weighted by molar-refractivity contribution is 7.20. The van der Waals surface area contributed by atoms with E-state index in [1.807, 2.05) is 30.3 Å². The maximum Gasteiger partial charge on any atom is 0.348 e. The zero-order chi connectivity index (χ0) is 17.8. The van der Waals surface area contributed by atoms with Crippen LogP contribution in [0.3, 0.4) is 0 Å². The molecule has 128 valence electrons. The topological polar surface area (TPSA) is 61.2 Å². The number of hydrogen-bond acceptors (Lipinski definition) is 5. The van der Waals surface area contributed by atoms with E-state index < -0.39 is 5.97 Å². The normalized spacial score (nSPS) is 10.8. The number of fused-ring (bicyclic) bond motifs is 1. The Hall–Kier alpha value is -2.73. The molecule has 0 N–H and O–H groups in total. The van der Waals surface area contributed by atoms with Gasteiger partial charge in [0.05, 0.1) is 18.3 Å². The minimum Gasteiger partial charge on any atom is -0.461 e. The first-order chi connectivity index (χ1) is 12.1. The van der Waals surface area contributed by atoms with Crippen molar-refractivity contribution in [3.63, 3.8) is 0 Å². The van der Waals surface area contributed by atoms with E-state index >= 15 is 0 Å². The number of hydrogen-bond donors (Lipinski definition) is 0. The van der Waals surface area contributed by atoms with Crippen LogP contribution in [0.15, 0.2) is 54.1 Å². The number of allylic oxidation sites excluding steroid dienone is 1. The lowest BCUT2D eigenvalue weighted by molar-refractivity contribution is 0.0514. The van der Waals surface area contributed by atoms with Gasteiger partial charge in [0.2, 0.25) is 0 Å². The fourth-order valence-corrected chi connectivity index (χ4v) is 3.63. The molecule has 0 aliphatic carbocycles. The summed E-state index contributed by atoms with van der Waals surface area (Å²) in [5.74, 6) is -0.411. The third-order valence-electron chi connectivity index (χ3n) is 3.90. The number of nitrogens with zero attached hydrogens (tertiary/aromatic N) is 2. The quantitative estimate of drug-likeness (QED) is 0.503. The zero-order valence-corrected chi connectivity index (χ0v) is 14.7. The second kappa shape index (κ2) is 7.44. The van der Waals surface area contributed by atoms with Gasteiger partial charge in [0.15, 0.2) is 0 Å². The highest BCUT2D eigenvalue weighted by atomic mass is 32.1. The van der Waals surface area contributed by atoms with E-state index in [0.717, 1.165) is 5.56 Å². The van der Waals surface area contributed by atoms with Gasteiger partial charge in [-0.2, -0.15) is 0 Å². The van der Waals surface area contributed by atoms with Crippen molar-refractivity contribution in [2.75, 3.05) is 6.61 Å². The second-order valence-corrected chi connectivity index (χ2v) is 6.60. The van der Waals surface area contributed by atoms with Crippen LogP contribution >= 0.6 is 11.3 Å². The second-order valence-electron chi connectivity index (χ2n) is 5.60. The summed E-state index contributed by atoms with van der Waals surface area (Å²) in [7, 11) is 0. The molecule has 0 aliphatic heterocycles. The van der Waals surface area contributed by atoms with Crippen LogP contribution < -0.4 is 5.56 Å². The van der Waals surface area contributed by atoms with Crippen LogP contribution in [0.5, 0.6) is 0 Å². The molecule has 25 heavy (non-hydrogen) atoms. The minimum atomic E-state index is -0.411. The summed E-state index contributed by atoms with van der Waals surface area (Å²) >= 11 is 1.19. The van der Waals surface area contributed by atoms with Gasteiger partial charge in [-0.15, -0.1) is 17.9 Å². The molecule has 0 bridgehead atoms. The lowest BCUT2D eigenvalue weighted by Gasteiger charge is -2.04. The van der Waals surface area contributed by atoms with Crippen LogP contribution in [-0.4, -0.2) is 22.1 Å². The van der Waals surface area contributed by atoms with Gasteiger partial charge < -0.3 is 4.74 Å². The summed E-state index contributed by atoms with van der Waals surface area (Å²) in [5.41, 5.74) is 1.57. The van der Waals surface area contributed by atoms with Crippen LogP contribution in [-0.2, 0) is 17.7 Å². The minimum absolute atomic E-state index is 0.165. The van der Waals surface area contributed by atoms with Crippen molar-refractivity contribution in [1.82, 2.24) is 9.55 Å². The van der Waals surface area contributed by atoms with Crippen molar-refractivity contribution in [3.05, 3.63) is 75.7 Å². The van der Waals surface area contributed by atoms with Gasteiger partial charge >= 0.3 is 5.97 Å². The number of aryl methyl sites for hydroxylation is 1. The third-order valence-corrected chi connectivity index (χ3v) is 5.08. The predicted molar refractivity (Wildman–Crippen MR) is 99.2 cm³/mol. The SMILES string of the molecule is C=CCn1cnc2sc(C(=O)OCCc3ccccc3)c(C)c2c1=O. The van der Waals surface area contributed by atoms with Crippen molar-refractivity contribution < 1.29 is 9.53 Å². The van der Waals surface area contributed by atoms with Crippen LogP contribution in [0.1, 0.15) is 20.8 Å². The molecule has 3 rings (SSSR count). The molecule has 0 spiro atoms. The number of benzene rings is 1. The summed E-state index contributed by atoms with van der Waals surface area (Å²) in [6, 6.07) is 9.83. The smallest absolute Gasteiger partial charge is 0.348 e. The van der Waals surface area contributed by atoms with E-state index in [0.29, 0.717) is 40.2 Å². The first kappa shape index (κ1) is 17.1. The summed E-state index contributed by atoms with van der Waals surface area (Å²) in [5, 5.41) is 0.476. The lowest BCUT2D eigenvalue weighted by atomic mass is 10.2. The van der Waals surface area contributed by atoms with Gasteiger partial charge in [-0.05, 0) is 18.1 Å². The number of carbonyl (C=O) groups excluding carboxylic acids is 1. The average Bonchev–Trinajstić information content (AvgIpc) is 2.96. The maximum atomic E-state index is 12.5. The Balaban J connectivity index is 1.79. The molecule has 0 aliphatic rings. The Bertz CT molecular complexity index is 973. The van der Waals surface area contributed by atoms with E-state index in [9.17, 15) is 9.59 Å². The Morgan fingerprint density at radius 1 is 1.36 bits per heavy atom. The molecule has 0 atom stereocenters. The molecule has 6 heteroatoms. The molecule has 2 heterocycles. The van der Waals surface area contributed by atoms with Gasteiger partial charge in [0.25, 0.3) is 5.56 Å². The van der Waals surface area contributed by atoms with Crippen molar-refractivity contribution >= 4 is 27.5 Å². The van der Waals surface area contributed by atoms with E-state index in [1.54, 1.807) is 13.0 Å². The predicted octanol–water partition coefficient (Wildman–Crippen LogP) is 3.35. The number of aromatic nitrogens is 2. The Kier molecular flexibility index (Phi) is 5.09. The van der Waals surface area contributed by atoms with Crippen molar-refractivity contribution in [1.29, 1.82) is 0 Å². The number of thiophene rings is 1. The zero-order valence-electron chi connectivity index (χ0n) is 13.9. The first-order valence-corrected chi connectivity index (χ1v) is 8.74. The van der Waals surface area contributed by atoms with Crippen LogP contribution in [0, 0.1) is 6.92 Å². The van der Waals surface area contributed by atoms with Gasteiger partial charge in [-0.1, -0.05) is 36.4 Å². The number of carbonyl (C=O) groups is 1. The summed E-state index contributed by atoms with van der Waals surface area (Å²) in [6.45, 7) is 6.07. The monoisotopic (exact) mass is 354 g/mol. The fourth-order valence-electron chi connectivity index (χ4n) is 2.59. The highest BCUT2D eigenvalue weighted by Crippen LogP contribution is 2.27. The van der Waals surface area contributed by atoms with E-state index in [-0.39, 0.29) is 5.56 Å². The van der Waals surface area contributed by atoms with E-state index in [2.05, 4.69) is 11.6 Å². The molecule has 0 amide bonds. The molecular weight excluding hydrogens is 336 g/mol. The maximum absolute atomic E-state index is 12.5. The fraction of sp³-hybridized carbons (Fsp3) is 0.211. The molecule has 0 fully saturated rings. The van der Waals surface area contributed by atoms with Crippen molar-refractivity contribution in [2.45, 2.75) is 19.9 Å². The molecule has 0 saturated carbocycles. The molecular formula is C19H18N2O3S. The molecule has 0 unspecified atom stereocenters. The molecule has 5 nitrogen and oxygen atoms in total. The Morgan fingerprint density at radius 3 is 2.84 bits per heavy atom. The van der Waals surface area contributed by atoms with Gasteiger partial charge in [0.1, 0.15) is 9.71 Å². The van der Waals surface area contributed by atoms with Crippen LogP contribution in [0.4, 0.5) is 0 Å². The standard InChI is InChI=1S/C19H18N2O3S/c1-3-10-21-12-20-17-15(18(21)22)13(2)16(25-17)19(23)24-11-9-14-7-5-4-6-8-14/h3-8,12H,1,9-11H2,2H3.